The first kappa shape index (κ1) is 18.1. The Morgan fingerprint density at radius 1 is 1.26 bits per heavy atom. The van der Waals surface area contributed by atoms with Gasteiger partial charge in [0.15, 0.2) is 5.78 Å². The maximum atomic E-state index is 12.0. The summed E-state index contributed by atoms with van der Waals surface area (Å²) in [6, 6.07) is 7.61. The van der Waals surface area contributed by atoms with Gasteiger partial charge < -0.3 is 10.2 Å². The second kappa shape index (κ2) is 8.59. The van der Waals surface area contributed by atoms with Gasteiger partial charge in [0.25, 0.3) is 0 Å². The molecule has 1 atom stereocenters. The Hall–Kier alpha value is -1.21. The van der Waals surface area contributed by atoms with Gasteiger partial charge in [-0.3, -0.25) is 9.59 Å². The first-order valence-electron chi connectivity index (χ1n) is 7.22. The topological polar surface area (TPSA) is 49.4 Å². The van der Waals surface area contributed by atoms with Gasteiger partial charge in [-0.25, -0.2) is 0 Å². The number of hydrogen-bond donors (Lipinski definition) is 1. The molecule has 0 aliphatic heterocycles. The van der Waals surface area contributed by atoms with Gasteiger partial charge in [-0.1, -0.05) is 17.7 Å². The average molecular weight is 371 g/mol. The van der Waals surface area contributed by atoms with Crippen molar-refractivity contribution in [3.05, 3.63) is 43.7 Å². The lowest BCUT2D eigenvalue weighted by Gasteiger charge is -2.23. The van der Waals surface area contributed by atoms with Gasteiger partial charge in [-0.05, 0) is 37.7 Å². The number of hydrogen-bond acceptors (Lipinski definition) is 5. The number of thiophene rings is 2. The molecule has 0 bridgehead atoms. The van der Waals surface area contributed by atoms with Gasteiger partial charge in [-0.2, -0.15) is 0 Å². The van der Waals surface area contributed by atoms with Gasteiger partial charge >= 0.3 is 0 Å². The third-order valence-electron chi connectivity index (χ3n) is 3.41. The fourth-order valence-corrected chi connectivity index (χ4v) is 4.06. The molecule has 23 heavy (non-hydrogen) atoms. The highest BCUT2D eigenvalue weighted by molar-refractivity contribution is 7.18. The molecule has 124 valence electrons. The van der Waals surface area contributed by atoms with Crippen molar-refractivity contribution in [1.29, 1.82) is 0 Å². The highest BCUT2D eigenvalue weighted by atomic mass is 35.5. The number of halogens is 1. The van der Waals surface area contributed by atoms with Crippen LogP contribution in [0.3, 0.4) is 0 Å². The Kier molecular flexibility index (Phi) is 6.77. The van der Waals surface area contributed by atoms with E-state index in [4.69, 9.17) is 11.6 Å². The SMILES string of the molecule is CN(C)[C@@H](CNC(=O)CCC(=O)c1ccc(Cl)s1)c1cccs1. The molecular formula is C16H19ClN2O2S2. The zero-order valence-electron chi connectivity index (χ0n) is 13.0. The summed E-state index contributed by atoms with van der Waals surface area (Å²) in [5.74, 6) is -0.149. The van der Waals surface area contributed by atoms with Crippen molar-refractivity contribution in [2.24, 2.45) is 0 Å². The Balaban J connectivity index is 1.79. The van der Waals surface area contributed by atoms with Crippen LogP contribution in [0.25, 0.3) is 0 Å². The molecule has 2 heterocycles. The Morgan fingerprint density at radius 3 is 2.61 bits per heavy atom. The predicted octanol–water partition coefficient (Wildman–Crippen LogP) is 3.85. The van der Waals surface area contributed by atoms with Crippen molar-refractivity contribution in [2.75, 3.05) is 20.6 Å². The molecule has 2 aromatic heterocycles. The second-order valence-corrected chi connectivity index (χ2v) is 8.02. The summed E-state index contributed by atoms with van der Waals surface area (Å²) in [5, 5.41) is 4.94. The third kappa shape index (κ3) is 5.42. The molecule has 0 aliphatic rings. The van der Waals surface area contributed by atoms with E-state index in [1.54, 1.807) is 23.5 Å². The standard InChI is InChI=1S/C16H19ClN2O2S2/c1-19(2)11(13-4-3-9-22-13)10-18-16(21)8-5-12(20)14-6-7-15(17)23-14/h3-4,6-7,9,11H,5,8,10H2,1-2H3,(H,18,21)/t11-/m0/s1. The summed E-state index contributed by atoms with van der Waals surface area (Å²) in [5.41, 5.74) is 0. The summed E-state index contributed by atoms with van der Waals surface area (Å²) in [7, 11) is 3.97. The van der Waals surface area contributed by atoms with E-state index < -0.39 is 0 Å². The van der Waals surface area contributed by atoms with Crippen LogP contribution in [0.1, 0.15) is 33.4 Å². The number of carbonyl (C=O) groups excluding carboxylic acids is 2. The first-order valence-corrected chi connectivity index (χ1v) is 9.30. The molecule has 7 heteroatoms. The molecule has 0 saturated heterocycles. The van der Waals surface area contributed by atoms with Gasteiger partial charge in [0.2, 0.25) is 5.91 Å². The van der Waals surface area contributed by atoms with Crippen LogP contribution in [-0.4, -0.2) is 37.2 Å². The molecule has 0 aromatic carbocycles. The minimum absolute atomic E-state index is 0.0422. The summed E-state index contributed by atoms with van der Waals surface area (Å²) in [6.45, 7) is 0.533. The van der Waals surface area contributed by atoms with Crippen LogP contribution in [0.15, 0.2) is 29.6 Å². The predicted molar refractivity (Wildman–Crippen MR) is 96.7 cm³/mol. The van der Waals surface area contributed by atoms with Crippen molar-refractivity contribution in [2.45, 2.75) is 18.9 Å². The van der Waals surface area contributed by atoms with Crippen LogP contribution in [0.2, 0.25) is 4.34 Å². The molecule has 2 aromatic rings. The van der Waals surface area contributed by atoms with E-state index in [1.165, 1.54) is 16.2 Å². The number of rotatable bonds is 8. The van der Waals surface area contributed by atoms with E-state index >= 15 is 0 Å². The zero-order valence-corrected chi connectivity index (χ0v) is 15.4. The second-order valence-electron chi connectivity index (χ2n) is 5.33. The maximum absolute atomic E-state index is 12.0. The molecule has 0 fully saturated rings. The molecule has 0 radical (unpaired) electrons. The molecular weight excluding hydrogens is 352 g/mol. The highest BCUT2D eigenvalue weighted by Gasteiger charge is 2.17. The lowest BCUT2D eigenvalue weighted by molar-refractivity contribution is -0.121. The smallest absolute Gasteiger partial charge is 0.220 e. The summed E-state index contributed by atoms with van der Waals surface area (Å²) < 4.78 is 0.586. The van der Waals surface area contributed by atoms with E-state index in [2.05, 4.69) is 16.3 Å². The van der Waals surface area contributed by atoms with E-state index in [1.807, 2.05) is 25.5 Å². The fourth-order valence-electron chi connectivity index (χ4n) is 2.13. The van der Waals surface area contributed by atoms with E-state index in [0.717, 1.165) is 0 Å². The number of Topliss-reactive ketones (excluding diaryl/α,β-unsaturated/α-hetero) is 1. The lowest BCUT2D eigenvalue weighted by atomic mass is 10.1. The van der Waals surface area contributed by atoms with E-state index in [0.29, 0.717) is 15.8 Å². The lowest BCUT2D eigenvalue weighted by Crippen LogP contribution is -2.34. The highest BCUT2D eigenvalue weighted by Crippen LogP contribution is 2.23. The minimum atomic E-state index is -0.107. The Morgan fingerprint density at radius 2 is 2.04 bits per heavy atom. The summed E-state index contributed by atoms with van der Waals surface area (Å²) in [6.07, 6.45) is 0.396. The normalized spacial score (nSPS) is 12.3. The van der Waals surface area contributed by atoms with Gasteiger partial charge in [-0.15, -0.1) is 22.7 Å². The quantitative estimate of drug-likeness (QED) is 0.718. The molecule has 1 amide bonds. The molecule has 1 N–H and O–H groups in total. The van der Waals surface area contributed by atoms with Gasteiger partial charge in [0.05, 0.1) is 15.3 Å². The van der Waals surface area contributed by atoms with Crippen molar-refractivity contribution in [3.8, 4) is 0 Å². The summed E-state index contributed by atoms with van der Waals surface area (Å²) in [4.78, 5) is 27.8. The van der Waals surface area contributed by atoms with E-state index in [9.17, 15) is 9.59 Å². The van der Waals surface area contributed by atoms with Gasteiger partial charge in [0, 0.05) is 24.3 Å². The van der Waals surface area contributed by atoms with Crippen molar-refractivity contribution >= 4 is 46.0 Å². The van der Waals surface area contributed by atoms with Crippen LogP contribution >= 0.6 is 34.3 Å². The number of ketones is 1. The Bertz CT molecular complexity index is 653. The molecule has 2 rings (SSSR count). The van der Waals surface area contributed by atoms with E-state index in [-0.39, 0.29) is 30.6 Å². The number of carbonyl (C=O) groups is 2. The first-order chi connectivity index (χ1) is 11.0. The maximum Gasteiger partial charge on any atom is 0.220 e. The van der Waals surface area contributed by atoms with Crippen LogP contribution < -0.4 is 5.32 Å². The van der Waals surface area contributed by atoms with Crippen LogP contribution in [0.5, 0.6) is 0 Å². The number of nitrogens with one attached hydrogen (secondary N) is 1. The largest absolute Gasteiger partial charge is 0.354 e. The van der Waals surface area contributed by atoms with Gasteiger partial charge in [0.1, 0.15) is 0 Å². The molecule has 0 aliphatic carbocycles. The monoisotopic (exact) mass is 370 g/mol. The third-order valence-corrected chi connectivity index (χ3v) is 5.66. The van der Waals surface area contributed by atoms with Crippen LogP contribution in [0.4, 0.5) is 0 Å². The average Bonchev–Trinajstić information content (AvgIpc) is 3.16. The van der Waals surface area contributed by atoms with Crippen molar-refractivity contribution in [3.63, 3.8) is 0 Å². The van der Waals surface area contributed by atoms with Crippen LogP contribution in [0, 0.1) is 0 Å². The zero-order chi connectivity index (χ0) is 16.8. The number of likely N-dealkylation sites (N-methyl/N-ethyl adjacent to an activating group) is 1. The fraction of sp³-hybridized carbons (Fsp3) is 0.375. The van der Waals surface area contributed by atoms with Crippen molar-refractivity contribution in [1.82, 2.24) is 10.2 Å². The molecule has 0 unspecified atom stereocenters. The number of nitrogens with zero attached hydrogens (tertiary/aromatic N) is 1. The minimum Gasteiger partial charge on any atom is -0.354 e. The number of amides is 1. The molecule has 0 spiro atoms. The summed E-state index contributed by atoms with van der Waals surface area (Å²) >= 11 is 8.73. The Labute approximate surface area is 149 Å². The molecule has 0 saturated carbocycles. The van der Waals surface area contributed by atoms with Crippen molar-refractivity contribution < 1.29 is 9.59 Å². The van der Waals surface area contributed by atoms with Crippen LogP contribution in [-0.2, 0) is 4.79 Å². The molecule has 4 nitrogen and oxygen atoms in total.